The topological polar surface area (TPSA) is 61.2 Å². The van der Waals surface area contributed by atoms with Crippen molar-refractivity contribution in [1.82, 2.24) is 9.55 Å². The molecule has 0 N–H and O–H groups in total. The van der Waals surface area contributed by atoms with E-state index in [9.17, 15) is 14.0 Å². The maximum Gasteiger partial charge on any atom is 0.307 e. The molecule has 23 heavy (non-hydrogen) atoms. The van der Waals surface area contributed by atoms with Crippen molar-refractivity contribution in [3.63, 3.8) is 0 Å². The fourth-order valence-electron chi connectivity index (χ4n) is 2.11. The number of aromatic nitrogens is 2. The van der Waals surface area contributed by atoms with Crippen LogP contribution in [0, 0.1) is 5.82 Å². The Hall–Kier alpha value is -2.54. The minimum absolute atomic E-state index is 0.0195. The van der Waals surface area contributed by atoms with Gasteiger partial charge in [-0.25, -0.2) is 9.37 Å². The number of esters is 1. The third-order valence-corrected chi connectivity index (χ3v) is 4.17. The summed E-state index contributed by atoms with van der Waals surface area (Å²) in [4.78, 5) is 28.7. The van der Waals surface area contributed by atoms with Crippen molar-refractivity contribution >= 4 is 27.5 Å². The predicted molar refractivity (Wildman–Crippen MR) is 84.7 cm³/mol. The largest absolute Gasteiger partial charge is 0.461 e. The number of benzene rings is 1. The van der Waals surface area contributed by atoms with Gasteiger partial charge in [-0.05, 0) is 17.5 Å². The highest BCUT2D eigenvalue weighted by Gasteiger charge is 2.09. The van der Waals surface area contributed by atoms with E-state index in [1.807, 2.05) is 0 Å². The lowest BCUT2D eigenvalue weighted by atomic mass is 10.2. The minimum Gasteiger partial charge on any atom is -0.461 e. The zero-order chi connectivity index (χ0) is 16.2. The number of ether oxygens (including phenoxy) is 1. The van der Waals surface area contributed by atoms with Gasteiger partial charge in [0.1, 0.15) is 17.3 Å². The Balaban J connectivity index is 1.59. The second kappa shape index (κ2) is 6.70. The quantitative estimate of drug-likeness (QED) is 0.674. The summed E-state index contributed by atoms with van der Waals surface area (Å²) < 4.78 is 19.8. The lowest BCUT2D eigenvalue weighted by Crippen LogP contribution is -2.22. The molecule has 3 aromatic rings. The fourth-order valence-corrected chi connectivity index (χ4v) is 2.83. The van der Waals surface area contributed by atoms with Crippen LogP contribution in [0.4, 0.5) is 4.39 Å². The summed E-state index contributed by atoms with van der Waals surface area (Å²) in [5.41, 5.74) is 0.137. The molecule has 3 rings (SSSR count). The van der Waals surface area contributed by atoms with E-state index in [1.165, 1.54) is 28.3 Å². The second-order valence-electron chi connectivity index (χ2n) is 4.88. The van der Waals surface area contributed by atoms with Crippen molar-refractivity contribution in [2.75, 3.05) is 0 Å². The van der Waals surface area contributed by atoms with Crippen molar-refractivity contribution in [2.24, 2.45) is 0 Å². The summed E-state index contributed by atoms with van der Waals surface area (Å²) in [5, 5.41) is 2.34. The van der Waals surface area contributed by atoms with Gasteiger partial charge in [-0.15, -0.1) is 11.3 Å². The van der Waals surface area contributed by atoms with Gasteiger partial charge >= 0.3 is 5.97 Å². The summed E-state index contributed by atoms with van der Waals surface area (Å²) in [6.45, 7) is 0.0515. The van der Waals surface area contributed by atoms with E-state index in [1.54, 1.807) is 29.6 Å². The first-order valence-electron chi connectivity index (χ1n) is 6.97. The van der Waals surface area contributed by atoms with Crippen LogP contribution in [0.3, 0.4) is 0 Å². The van der Waals surface area contributed by atoms with Gasteiger partial charge < -0.3 is 4.74 Å². The summed E-state index contributed by atoms with van der Waals surface area (Å²) >= 11 is 1.39. The molecule has 0 saturated carbocycles. The Bertz CT molecular complexity index is 903. The Morgan fingerprint density at radius 3 is 2.96 bits per heavy atom. The molecule has 0 fully saturated rings. The standard InChI is InChI=1S/C16H13FN2O3S/c17-13-4-2-1-3-11(13)9-22-14(20)5-7-19-10-18-15-12(16(19)21)6-8-23-15/h1-4,6,8,10H,5,7,9H2. The van der Waals surface area contributed by atoms with Crippen LogP contribution in [0.5, 0.6) is 0 Å². The zero-order valence-electron chi connectivity index (χ0n) is 12.1. The van der Waals surface area contributed by atoms with Gasteiger partial charge in [0.25, 0.3) is 5.56 Å². The Morgan fingerprint density at radius 1 is 1.30 bits per heavy atom. The van der Waals surface area contributed by atoms with E-state index in [2.05, 4.69) is 4.98 Å². The maximum atomic E-state index is 13.4. The molecule has 1 aromatic carbocycles. The molecular weight excluding hydrogens is 319 g/mol. The molecule has 0 spiro atoms. The van der Waals surface area contributed by atoms with E-state index in [0.717, 1.165) is 0 Å². The normalized spacial score (nSPS) is 10.8. The predicted octanol–water partition coefficient (Wildman–Crippen LogP) is 2.73. The molecule has 2 heterocycles. The number of nitrogens with zero attached hydrogens (tertiary/aromatic N) is 2. The highest BCUT2D eigenvalue weighted by Crippen LogP contribution is 2.13. The lowest BCUT2D eigenvalue weighted by molar-refractivity contribution is -0.145. The molecule has 0 atom stereocenters. The van der Waals surface area contributed by atoms with Gasteiger partial charge in [-0.3, -0.25) is 14.2 Å². The van der Waals surface area contributed by atoms with E-state index < -0.39 is 11.8 Å². The first kappa shape index (κ1) is 15.4. The zero-order valence-corrected chi connectivity index (χ0v) is 12.9. The van der Waals surface area contributed by atoms with Gasteiger partial charge in [0.2, 0.25) is 0 Å². The summed E-state index contributed by atoms with van der Waals surface area (Å²) in [7, 11) is 0. The minimum atomic E-state index is -0.495. The van der Waals surface area contributed by atoms with Crippen molar-refractivity contribution < 1.29 is 13.9 Å². The van der Waals surface area contributed by atoms with Crippen LogP contribution in [-0.2, 0) is 22.7 Å². The van der Waals surface area contributed by atoms with Crippen LogP contribution in [0.15, 0.2) is 46.8 Å². The smallest absolute Gasteiger partial charge is 0.307 e. The summed E-state index contributed by atoms with van der Waals surface area (Å²) in [5.74, 6) is -0.908. The third-order valence-electron chi connectivity index (χ3n) is 3.35. The SMILES string of the molecule is O=C(CCn1cnc2sccc2c1=O)OCc1ccccc1F. The van der Waals surface area contributed by atoms with E-state index in [4.69, 9.17) is 4.74 Å². The average Bonchev–Trinajstić information content (AvgIpc) is 3.03. The van der Waals surface area contributed by atoms with E-state index >= 15 is 0 Å². The van der Waals surface area contributed by atoms with Gasteiger partial charge in [-0.2, -0.15) is 0 Å². The molecule has 0 amide bonds. The summed E-state index contributed by atoms with van der Waals surface area (Å²) in [6, 6.07) is 7.82. The molecule has 0 unspecified atom stereocenters. The maximum absolute atomic E-state index is 13.4. The monoisotopic (exact) mass is 332 g/mol. The van der Waals surface area contributed by atoms with Crippen molar-refractivity contribution in [3.05, 3.63) is 63.8 Å². The lowest BCUT2D eigenvalue weighted by Gasteiger charge is -2.07. The van der Waals surface area contributed by atoms with Gasteiger partial charge in [0.15, 0.2) is 0 Å². The van der Waals surface area contributed by atoms with Crippen molar-refractivity contribution in [2.45, 2.75) is 19.6 Å². The highest BCUT2D eigenvalue weighted by atomic mass is 32.1. The molecule has 5 nitrogen and oxygen atoms in total. The molecule has 118 valence electrons. The van der Waals surface area contributed by atoms with Crippen LogP contribution in [0.1, 0.15) is 12.0 Å². The second-order valence-corrected chi connectivity index (χ2v) is 5.78. The van der Waals surface area contributed by atoms with Crippen molar-refractivity contribution in [1.29, 1.82) is 0 Å². The van der Waals surface area contributed by atoms with Crippen LogP contribution < -0.4 is 5.56 Å². The van der Waals surface area contributed by atoms with Crippen LogP contribution in [0.2, 0.25) is 0 Å². The van der Waals surface area contributed by atoms with Crippen LogP contribution in [0.25, 0.3) is 10.2 Å². The number of hydrogen-bond acceptors (Lipinski definition) is 5. The Kier molecular flexibility index (Phi) is 4.47. The first-order valence-corrected chi connectivity index (χ1v) is 7.85. The van der Waals surface area contributed by atoms with E-state index in [-0.39, 0.29) is 25.1 Å². The Morgan fingerprint density at radius 2 is 2.13 bits per heavy atom. The molecule has 0 radical (unpaired) electrons. The number of thiophene rings is 1. The van der Waals surface area contributed by atoms with Gasteiger partial charge in [0, 0.05) is 12.1 Å². The molecule has 0 aliphatic heterocycles. The molecule has 2 aromatic heterocycles. The van der Waals surface area contributed by atoms with Crippen LogP contribution >= 0.6 is 11.3 Å². The van der Waals surface area contributed by atoms with Gasteiger partial charge in [-0.1, -0.05) is 18.2 Å². The Labute approximate surface area is 135 Å². The summed E-state index contributed by atoms with van der Waals surface area (Å²) in [6.07, 6.45) is 1.44. The van der Waals surface area contributed by atoms with Crippen LogP contribution in [-0.4, -0.2) is 15.5 Å². The number of fused-ring (bicyclic) bond motifs is 1. The number of carbonyl (C=O) groups excluding carboxylic acids is 1. The average molecular weight is 332 g/mol. The number of hydrogen-bond donors (Lipinski definition) is 0. The molecule has 7 heteroatoms. The van der Waals surface area contributed by atoms with Gasteiger partial charge in [0.05, 0.1) is 18.1 Å². The highest BCUT2D eigenvalue weighted by molar-refractivity contribution is 7.16. The molecule has 0 saturated heterocycles. The number of aryl methyl sites for hydroxylation is 1. The number of halogens is 1. The number of carbonyl (C=O) groups is 1. The first-order chi connectivity index (χ1) is 11.1. The molecular formula is C16H13FN2O3S. The van der Waals surface area contributed by atoms with E-state index in [0.29, 0.717) is 15.8 Å². The molecule has 0 aliphatic rings. The fraction of sp³-hybridized carbons (Fsp3) is 0.188. The third kappa shape index (κ3) is 3.45. The van der Waals surface area contributed by atoms with Crippen molar-refractivity contribution in [3.8, 4) is 0 Å². The molecule has 0 aliphatic carbocycles. The number of rotatable bonds is 5. The molecule has 0 bridgehead atoms.